The van der Waals surface area contributed by atoms with Crippen molar-refractivity contribution in [3.8, 4) is 6.07 Å². The fraction of sp³-hybridized carbons (Fsp3) is 0.667. The first-order chi connectivity index (χ1) is 6.26. The van der Waals surface area contributed by atoms with Crippen molar-refractivity contribution in [2.75, 3.05) is 26.2 Å². The molecule has 13 heavy (non-hydrogen) atoms. The largest absolute Gasteiger partial charge is 0.361 e. The van der Waals surface area contributed by atoms with Gasteiger partial charge in [-0.25, -0.2) is 0 Å². The lowest BCUT2D eigenvalue weighted by atomic mass is 10.2. The van der Waals surface area contributed by atoms with E-state index < -0.39 is 0 Å². The Hall–Kier alpha value is -0.560. The lowest BCUT2D eigenvalue weighted by Crippen LogP contribution is -2.42. The highest BCUT2D eigenvalue weighted by molar-refractivity contribution is 6.25. The Balaban J connectivity index is 2.39. The number of nitriles is 1. The van der Waals surface area contributed by atoms with Gasteiger partial charge in [-0.15, -0.1) is 0 Å². The van der Waals surface area contributed by atoms with E-state index in [-0.39, 0.29) is 6.10 Å². The first-order valence-corrected chi connectivity index (χ1v) is 4.69. The minimum Gasteiger partial charge on any atom is -0.361 e. The molecule has 1 heterocycles. The van der Waals surface area contributed by atoms with Crippen LogP contribution in [0.15, 0.2) is 11.1 Å². The van der Waals surface area contributed by atoms with E-state index in [0.29, 0.717) is 13.2 Å². The topological polar surface area (TPSA) is 36.3 Å². The second-order valence-electron chi connectivity index (χ2n) is 3.18. The number of nitrogens with zero attached hydrogens (tertiary/aromatic N) is 2. The molecule has 1 aliphatic rings. The first-order valence-electron chi connectivity index (χ1n) is 4.25. The van der Waals surface area contributed by atoms with Crippen LogP contribution >= 0.6 is 11.6 Å². The molecular weight excluding hydrogens is 188 g/mol. The molecule has 0 radical (unpaired) electrons. The average Bonchev–Trinajstić information content (AvgIpc) is 2.18. The van der Waals surface area contributed by atoms with Gasteiger partial charge in [-0.1, -0.05) is 11.6 Å². The van der Waals surface area contributed by atoms with Crippen molar-refractivity contribution < 1.29 is 4.74 Å². The van der Waals surface area contributed by atoms with Crippen LogP contribution in [0, 0.1) is 11.3 Å². The highest BCUT2D eigenvalue weighted by Gasteiger charge is 2.19. The predicted octanol–water partition coefficient (Wildman–Crippen LogP) is 1.35. The maximum atomic E-state index is 8.66. The molecular formula is C9H13ClN2O. The molecule has 0 aromatic carbocycles. The van der Waals surface area contributed by atoms with E-state index in [4.69, 9.17) is 21.6 Å². The van der Waals surface area contributed by atoms with Gasteiger partial charge in [0.2, 0.25) is 0 Å². The van der Waals surface area contributed by atoms with Crippen molar-refractivity contribution in [1.82, 2.24) is 4.90 Å². The Morgan fingerprint density at radius 2 is 2.62 bits per heavy atom. The van der Waals surface area contributed by atoms with E-state index in [0.717, 1.165) is 18.7 Å². The molecule has 0 aliphatic carbocycles. The summed E-state index contributed by atoms with van der Waals surface area (Å²) in [6.07, 6.45) is -0.281. The van der Waals surface area contributed by atoms with Crippen molar-refractivity contribution in [2.45, 2.75) is 13.0 Å². The SMILES string of the molecule is CC(=CCl)CN1CCOC(C#N)C1. The number of hydrogen-bond acceptors (Lipinski definition) is 3. The number of morpholine rings is 1. The number of ether oxygens (including phenoxy) is 1. The van der Waals surface area contributed by atoms with Crippen LogP contribution in [0.3, 0.4) is 0 Å². The summed E-state index contributed by atoms with van der Waals surface area (Å²) in [4.78, 5) is 2.17. The van der Waals surface area contributed by atoms with Gasteiger partial charge >= 0.3 is 0 Å². The number of hydrogen-bond donors (Lipinski definition) is 0. The normalized spacial score (nSPS) is 25.6. The van der Waals surface area contributed by atoms with Crippen LogP contribution in [-0.2, 0) is 4.74 Å². The van der Waals surface area contributed by atoms with Crippen LogP contribution in [0.4, 0.5) is 0 Å². The van der Waals surface area contributed by atoms with Gasteiger partial charge < -0.3 is 4.74 Å². The van der Waals surface area contributed by atoms with E-state index in [9.17, 15) is 0 Å². The van der Waals surface area contributed by atoms with Crippen molar-refractivity contribution in [2.24, 2.45) is 0 Å². The van der Waals surface area contributed by atoms with Crippen LogP contribution in [-0.4, -0.2) is 37.2 Å². The molecule has 1 fully saturated rings. The average molecular weight is 201 g/mol. The molecule has 0 bridgehead atoms. The van der Waals surface area contributed by atoms with E-state index in [2.05, 4.69) is 11.0 Å². The van der Waals surface area contributed by atoms with Crippen LogP contribution in [0.25, 0.3) is 0 Å². The van der Waals surface area contributed by atoms with Gasteiger partial charge in [-0.2, -0.15) is 5.26 Å². The number of rotatable bonds is 2. The molecule has 0 amide bonds. The lowest BCUT2D eigenvalue weighted by Gasteiger charge is -2.29. The lowest BCUT2D eigenvalue weighted by molar-refractivity contribution is 0.00424. The quantitative estimate of drug-likeness (QED) is 0.675. The van der Waals surface area contributed by atoms with Gasteiger partial charge in [-0.3, -0.25) is 4.90 Å². The van der Waals surface area contributed by atoms with Gasteiger partial charge in [0.15, 0.2) is 6.10 Å². The fourth-order valence-corrected chi connectivity index (χ4v) is 1.38. The standard InChI is InChI=1S/C9H13ClN2O/c1-8(4-10)6-12-2-3-13-9(5-11)7-12/h4,9H,2-3,6-7H2,1H3. The molecule has 1 atom stereocenters. The molecule has 1 unspecified atom stereocenters. The van der Waals surface area contributed by atoms with Crippen LogP contribution in [0.5, 0.6) is 0 Å². The second-order valence-corrected chi connectivity index (χ2v) is 3.40. The summed E-state index contributed by atoms with van der Waals surface area (Å²) in [5.74, 6) is 0. The van der Waals surface area contributed by atoms with Gasteiger partial charge in [0.1, 0.15) is 0 Å². The van der Waals surface area contributed by atoms with Gasteiger partial charge in [0.25, 0.3) is 0 Å². The smallest absolute Gasteiger partial charge is 0.156 e. The third-order valence-corrected chi connectivity index (χ3v) is 2.33. The molecule has 1 saturated heterocycles. The molecule has 3 nitrogen and oxygen atoms in total. The first kappa shape index (κ1) is 10.5. The summed E-state index contributed by atoms with van der Waals surface area (Å²) in [5, 5.41) is 8.66. The van der Waals surface area contributed by atoms with Gasteiger partial charge in [0, 0.05) is 25.2 Å². The fourth-order valence-electron chi connectivity index (χ4n) is 1.31. The summed E-state index contributed by atoms with van der Waals surface area (Å²) < 4.78 is 5.22. The Morgan fingerprint density at radius 3 is 3.23 bits per heavy atom. The molecule has 0 saturated carbocycles. The molecule has 1 aliphatic heterocycles. The Kier molecular flexibility index (Phi) is 4.23. The van der Waals surface area contributed by atoms with Crippen molar-refractivity contribution in [1.29, 1.82) is 5.26 Å². The monoisotopic (exact) mass is 200 g/mol. The zero-order valence-corrected chi connectivity index (χ0v) is 8.42. The maximum Gasteiger partial charge on any atom is 0.156 e. The van der Waals surface area contributed by atoms with Crippen LogP contribution < -0.4 is 0 Å². The maximum absolute atomic E-state index is 8.66. The molecule has 4 heteroatoms. The van der Waals surface area contributed by atoms with Crippen LogP contribution in [0.2, 0.25) is 0 Å². The van der Waals surface area contributed by atoms with E-state index in [1.807, 2.05) is 6.92 Å². The van der Waals surface area contributed by atoms with Gasteiger partial charge in [-0.05, 0) is 12.5 Å². The molecule has 0 aromatic rings. The summed E-state index contributed by atoms with van der Waals surface area (Å²) >= 11 is 5.56. The van der Waals surface area contributed by atoms with Gasteiger partial charge in [0.05, 0.1) is 12.7 Å². The second kappa shape index (κ2) is 5.23. The summed E-state index contributed by atoms with van der Waals surface area (Å²) in [7, 11) is 0. The Morgan fingerprint density at radius 1 is 1.85 bits per heavy atom. The third kappa shape index (κ3) is 3.35. The Labute approximate surface area is 83.5 Å². The van der Waals surface area contributed by atoms with Crippen LogP contribution in [0.1, 0.15) is 6.92 Å². The minimum atomic E-state index is -0.281. The summed E-state index contributed by atoms with van der Waals surface area (Å²) in [6, 6.07) is 2.11. The molecule has 0 spiro atoms. The summed E-state index contributed by atoms with van der Waals surface area (Å²) in [6.45, 7) is 4.99. The highest BCUT2D eigenvalue weighted by atomic mass is 35.5. The Bertz CT molecular complexity index is 234. The zero-order chi connectivity index (χ0) is 9.68. The molecule has 0 N–H and O–H groups in total. The minimum absolute atomic E-state index is 0.281. The van der Waals surface area contributed by atoms with Crippen molar-refractivity contribution in [3.63, 3.8) is 0 Å². The number of halogens is 1. The van der Waals surface area contributed by atoms with E-state index in [1.165, 1.54) is 0 Å². The molecule has 72 valence electrons. The summed E-state index contributed by atoms with van der Waals surface area (Å²) in [5.41, 5.74) is 2.69. The zero-order valence-electron chi connectivity index (χ0n) is 7.66. The third-order valence-electron chi connectivity index (χ3n) is 1.95. The molecule has 1 rings (SSSR count). The molecule has 0 aromatic heterocycles. The van der Waals surface area contributed by atoms with Crippen molar-refractivity contribution in [3.05, 3.63) is 11.1 Å². The van der Waals surface area contributed by atoms with E-state index >= 15 is 0 Å². The van der Waals surface area contributed by atoms with E-state index in [1.54, 1.807) is 5.54 Å². The van der Waals surface area contributed by atoms with Crippen molar-refractivity contribution >= 4 is 11.6 Å². The predicted molar refractivity (Wildman–Crippen MR) is 51.4 cm³/mol. The highest BCUT2D eigenvalue weighted by Crippen LogP contribution is 2.07.